The summed E-state index contributed by atoms with van der Waals surface area (Å²) in [5.41, 5.74) is 6.67. The van der Waals surface area contributed by atoms with Crippen LogP contribution in [-0.4, -0.2) is 34.2 Å². The molecule has 0 N–H and O–H groups in total. The van der Waals surface area contributed by atoms with Crippen molar-refractivity contribution in [3.63, 3.8) is 0 Å². The molecule has 0 fully saturated rings. The van der Waals surface area contributed by atoms with Gasteiger partial charge in [0.25, 0.3) is 0 Å². The SMILES string of the molecule is COCCn1c(Cc2ccc(-c3cccc(OCc4ccc(C#N)cc4F)n3)c3c2COC3)nc2ccc(C(=O)OF)cc21. The van der Waals surface area contributed by atoms with Gasteiger partial charge in [0.1, 0.15) is 18.2 Å². The van der Waals surface area contributed by atoms with E-state index in [0.717, 1.165) is 28.1 Å². The molecule has 0 saturated heterocycles. The number of nitrogens with zero attached hydrogens (tertiary/aromatic N) is 4. The summed E-state index contributed by atoms with van der Waals surface area (Å²) in [5, 5.41) is 8.96. The molecule has 5 aromatic rings. The fourth-order valence-corrected chi connectivity index (χ4v) is 5.36. The number of carbonyl (C=O) groups is 1. The van der Waals surface area contributed by atoms with Crippen molar-refractivity contribution in [2.75, 3.05) is 13.7 Å². The molecule has 0 bridgehead atoms. The van der Waals surface area contributed by atoms with Gasteiger partial charge in [0, 0.05) is 41.8 Å². The van der Waals surface area contributed by atoms with Crippen molar-refractivity contribution in [3.8, 4) is 23.2 Å². The second-order valence-electron chi connectivity index (χ2n) is 10.2. The maximum absolute atomic E-state index is 14.3. The van der Waals surface area contributed by atoms with Gasteiger partial charge < -0.3 is 18.8 Å². The quantitative estimate of drug-likeness (QED) is 0.193. The molecule has 0 radical (unpaired) electrons. The molecule has 1 aliphatic rings. The average molecular weight is 597 g/mol. The van der Waals surface area contributed by atoms with Gasteiger partial charge in [0.05, 0.1) is 53.7 Å². The number of hydrogen-bond acceptors (Lipinski definition) is 8. The van der Waals surface area contributed by atoms with Crippen LogP contribution in [0.25, 0.3) is 22.3 Å². The second-order valence-corrected chi connectivity index (χ2v) is 10.2. The fourth-order valence-electron chi connectivity index (χ4n) is 5.36. The molecular weight excluding hydrogens is 570 g/mol. The van der Waals surface area contributed by atoms with E-state index in [1.54, 1.807) is 31.4 Å². The number of rotatable bonds is 10. The summed E-state index contributed by atoms with van der Waals surface area (Å²) in [4.78, 5) is 24.7. The maximum atomic E-state index is 14.3. The van der Waals surface area contributed by atoms with Gasteiger partial charge in [-0.3, -0.25) is 0 Å². The van der Waals surface area contributed by atoms with Crippen LogP contribution in [0.5, 0.6) is 5.88 Å². The molecule has 1 aliphatic heterocycles. The third kappa shape index (κ3) is 5.73. The van der Waals surface area contributed by atoms with E-state index in [1.165, 1.54) is 18.2 Å². The largest absolute Gasteiger partial charge is 0.473 e. The Balaban J connectivity index is 1.28. The smallest absolute Gasteiger partial charge is 0.379 e. The lowest BCUT2D eigenvalue weighted by atomic mass is 9.94. The minimum absolute atomic E-state index is 0.0331. The van der Waals surface area contributed by atoms with E-state index < -0.39 is 11.8 Å². The first-order valence-electron chi connectivity index (χ1n) is 13.8. The summed E-state index contributed by atoms with van der Waals surface area (Å²) in [6, 6.07) is 20.3. The number of pyridine rings is 1. The van der Waals surface area contributed by atoms with E-state index in [9.17, 15) is 13.7 Å². The van der Waals surface area contributed by atoms with Gasteiger partial charge >= 0.3 is 5.97 Å². The number of benzene rings is 3. The van der Waals surface area contributed by atoms with Crippen molar-refractivity contribution >= 4 is 17.0 Å². The van der Waals surface area contributed by atoms with E-state index in [1.807, 2.05) is 34.9 Å². The number of methoxy groups -OCH3 is 1. The highest BCUT2D eigenvalue weighted by molar-refractivity contribution is 5.93. The van der Waals surface area contributed by atoms with Crippen LogP contribution in [-0.2, 0) is 47.2 Å². The number of fused-ring (bicyclic) bond motifs is 2. The van der Waals surface area contributed by atoms with Gasteiger partial charge in [-0.05, 0) is 53.1 Å². The third-order valence-electron chi connectivity index (χ3n) is 7.58. The summed E-state index contributed by atoms with van der Waals surface area (Å²) in [6.45, 7) is 1.71. The van der Waals surface area contributed by atoms with Crippen molar-refractivity contribution < 1.29 is 32.9 Å². The average Bonchev–Trinajstić information content (AvgIpc) is 3.68. The molecule has 3 heterocycles. The van der Waals surface area contributed by atoms with Crippen molar-refractivity contribution in [1.82, 2.24) is 14.5 Å². The summed E-state index contributed by atoms with van der Waals surface area (Å²) in [7, 11) is 1.60. The Morgan fingerprint density at radius 2 is 1.89 bits per heavy atom. The predicted octanol–water partition coefficient (Wildman–Crippen LogP) is 6.00. The highest BCUT2D eigenvalue weighted by atomic mass is 19.3. The first-order chi connectivity index (χ1) is 21.5. The van der Waals surface area contributed by atoms with Gasteiger partial charge in [0.2, 0.25) is 5.88 Å². The highest BCUT2D eigenvalue weighted by Gasteiger charge is 2.23. The molecule has 44 heavy (non-hydrogen) atoms. The zero-order chi connectivity index (χ0) is 30.6. The van der Waals surface area contributed by atoms with Crippen LogP contribution in [0, 0.1) is 17.1 Å². The number of carbonyl (C=O) groups excluding carboxylic acids is 1. The summed E-state index contributed by atoms with van der Waals surface area (Å²) in [5.74, 6) is -0.480. The molecule has 9 nitrogen and oxygen atoms in total. The lowest BCUT2D eigenvalue weighted by Gasteiger charge is -2.14. The van der Waals surface area contributed by atoms with Gasteiger partial charge in [-0.2, -0.15) is 5.26 Å². The molecule has 6 rings (SSSR count). The minimum atomic E-state index is -1.07. The fraction of sp³-hybridized carbons (Fsp3) is 0.212. The molecule has 0 amide bonds. The minimum Gasteiger partial charge on any atom is -0.473 e. The van der Waals surface area contributed by atoms with E-state index in [4.69, 9.17) is 24.5 Å². The Bertz CT molecular complexity index is 1920. The zero-order valence-corrected chi connectivity index (χ0v) is 23.7. The summed E-state index contributed by atoms with van der Waals surface area (Å²) >= 11 is 0. The Morgan fingerprint density at radius 1 is 1.05 bits per heavy atom. The molecule has 2 aromatic heterocycles. The van der Waals surface area contributed by atoms with E-state index in [-0.39, 0.29) is 17.7 Å². The van der Waals surface area contributed by atoms with Crippen molar-refractivity contribution in [2.45, 2.75) is 32.8 Å². The molecule has 0 saturated carbocycles. The first kappa shape index (κ1) is 28.9. The number of nitriles is 1. The lowest BCUT2D eigenvalue weighted by Crippen LogP contribution is -2.10. The topological polar surface area (TPSA) is 108 Å². The Morgan fingerprint density at radius 3 is 2.68 bits per heavy atom. The van der Waals surface area contributed by atoms with Gasteiger partial charge in [-0.15, -0.1) is 0 Å². The number of halogens is 2. The van der Waals surface area contributed by atoms with Crippen LogP contribution in [0.4, 0.5) is 8.92 Å². The number of ether oxygens (including phenoxy) is 3. The zero-order valence-electron chi connectivity index (χ0n) is 23.7. The van der Waals surface area contributed by atoms with Crippen LogP contribution in [0.2, 0.25) is 0 Å². The molecule has 222 valence electrons. The number of aromatic nitrogens is 3. The van der Waals surface area contributed by atoms with Crippen molar-refractivity contribution in [2.24, 2.45) is 0 Å². The van der Waals surface area contributed by atoms with Crippen LogP contribution in [0.3, 0.4) is 0 Å². The Hall–Kier alpha value is -5.18. The molecule has 0 unspecified atom stereocenters. The van der Waals surface area contributed by atoms with Crippen molar-refractivity contribution in [3.05, 3.63) is 112 Å². The number of hydrogen-bond donors (Lipinski definition) is 0. The molecule has 0 atom stereocenters. The molecule has 3 aromatic carbocycles. The normalized spacial score (nSPS) is 12.2. The van der Waals surface area contributed by atoms with Crippen LogP contribution < -0.4 is 4.74 Å². The van der Waals surface area contributed by atoms with Crippen molar-refractivity contribution in [1.29, 1.82) is 5.26 Å². The van der Waals surface area contributed by atoms with Gasteiger partial charge in [-0.1, -0.05) is 24.3 Å². The van der Waals surface area contributed by atoms with E-state index in [0.29, 0.717) is 61.0 Å². The molecule has 0 spiro atoms. The van der Waals surface area contributed by atoms with Crippen LogP contribution in [0.15, 0.2) is 66.7 Å². The summed E-state index contributed by atoms with van der Waals surface area (Å²) < 4.78 is 45.9. The third-order valence-corrected chi connectivity index (χ3v) is 7.58. The first-order valence-corrected chi connectivity index (χ1v) is 13.8. The Kier molecular flexibility index (Phi) is 8.27. The molecule has 11 heteroatoms. The van der Waals surface area contributed by atoms with Gasteiger partial charge in [-0.25, -0.2) is 24.1 Å². The second kappa shape index (κ2) is 12.6. The van der Waals surface area contributed by atoms with Crippen LogP contribution >= 0.6 is 0 Å². The number of imidazole rings is 1. The standard InChI is InChI=1S/C33H26F2N4O5/c1-41-12-11-39-30-14-22(33(40)44-35)8-10-29(30)37-31(39)15-21-7-9-24(26-19-42-18-25(21)26)28-3-2-4-32(38-28)43-17-23-6-5-20(16-36)13-27(23)34/h2-10,13-14H,11-12,15,17-19H2,1H3. The monoisotopic (exact) mass is 596 g/mol. The molecule has 0 aliphatic carbocycles. The Labute approximate surface area is 251 Å². The van der Waals surface area contributed by atoms with E-state index >= 15 is 0 Å². The molecular formula is C33H26F2N4O5. The lowest BCUT2D eigenvalue weighted by molar-refractivity contribution is -0.0787. The van der Waals surface area contributed by atoms with E-state index in [2.05, 4.69) is 9.93 Å². The van der Waals surface area contributed by atoms with Gasteiger partial charge in [0.15, 0.2) is 0 Å². The predicted molar refractivity (Wildman–Crippen MR) is 155 cm³/mol. The highest BCUT2D eigenvalue weighted by Crippen LogP contribution is 2.35. The van der Waals surface area contributed by atoms with Crippen LogP contribution in [0.1, 0.15) is 44.0 Å². The maximum Gasteiger partial charge on any atom is 0.379 e. The summed E-state index contributed by atoms with van der Waals surface area (Å²) in [6.07, 6.45) is 0.486.